The molecule has 110 valence electrons. The first-order valence-corrected chi connectivity index (χ1v) is 6.87. The minimum absolute atomic E-state index is 0.142. The Bertz CT molecular complexity index is 433. The molecule has 2 rings (SSSR count). The van der Waals surface area contributed by atoms with Gasteiger partial charge in [-0.1, -0.05) is 0 Å². The molecule has 1 amide bonds. The molecule has 6 nitrogen and oxygen atoms in total. The summed E-state index contributed by atoms with van der Waals surface area (Å²) in [5, 5.41) is 2.84. The maximum absolute atomic E-state index is 12.0. The van der Waals surface area contributed by atoms with E-state index in [4.69, 9.17) is 9.47 Å². The van der Waals surface area contributed by atoms with Crippen LogP contribution in [0.4, 0.5) is 5.69 Å². The first-order chi connectivity index (χ1) is 9.81. The van der Waals surface area contributed by atoms with Crippen molar-refractivity contribution in [1.29, 1.82) is 0 Å². The summed E-state index contributed by atoms with van der Waals surface area (Å²) in [6, 6.07) is 3.75. The lowest BCUT2D eigenvalue weighted by molar-refractivity contribution is 0.0943. The van der Waals surface area contributed by atoms with Crippen LogP contribution < -0.4 is 10.2 Å². The van der Waals surface area contributed by atoms with Crippen LogP contribution in [0.1, 0.15) is 16.9 Å². The minimum atomic E-state index is -0.142. The second kappa shape index (κ2) is 7.81. The van der Waals surface area contributed by atoms with Crippen molar-refractivity contribution < 1.29 is 14.3 Å². The summed E-state index contributed by atoms with van der Waals surface area (Å²) in [4.78, 5) is 18.3. The highest BCUT2D eigenvalue weighted by atomic mass is 16.5. The highest BCUT2D eigenvalue weighted by Crippen LogP contribution is 2.15. The second-order valence-corrected chi connectivity index (χ2v) is 4.60. The van der Waals surface area contributed by atoms with Gasteiger partial charge in [0.15, 0.2) is 0 Å². The molecule has 0 atom stereocenters. The fourth-order valence-electron chi connectivity index (χ4n) is 2.07. The zero-order valence-corrected chi connectivity index (χ0v) is 11.8. The molecule has 0 aliphatic carbocycles. The van der Waals surface area contributed by atoms with E-state index >= 15 is 0 Å². The second-order valence-electron chi connectivity index (χ2n) is 4.60. The van der Waals surface area contributed by atoms with Crippen molar-refractivity contribution in [2.24, 2.45) is 0 Å². The van der Waals surface area contributed by atoms with E-state index in [1.54, 1.807) is 13.3 Å². The average Bonchev–Trinajstić information content (AvgIpc) is 2.52. The van der Waals surface area contributed by atoms with Crippen LogP contribution in [-0.2, 0) is 9.47 Å². The molecule has 1 aromatic rings. The number of methoxy groups -OCH3 is 1. The van der Waals surface area contributed by atoms with Gasteiger partial charge in [0.25, 0.3) is 5.91 Å². The number of nitrogens with zero attached hydrogens (tertiary/aromatic N) is 2. The Balaban J connectivity index is 1.92. The first kappa shape index (κ1) is 14.7. The van der Waals surface area contributed by atoms with Crippen molar-refractivity contribution in [3.05, 3.63) is 24.0 Å². The van der Waals surface area contributed by atoms with Crippen molar-refractivity contribution >= 4 is 11.6 Å². The number of anilines is 1. The molecule has 0 spiro atoms. The van der Waals surface area contributed by atoms with E-state index in [9.17, 15) is 4.79 Å². The van der Waals surface area contributed by atoms with Gasteiger partial charge in [0.1, 0.15) is 5.69 Å². The van der Waals surface area contributed by atoms with Gasteiger partial charge in [0.05, 0.1) is 13.2 Å². The molecular weight excluding hydrogens is 258 g/mol. The highest BCUT2D eigenvalue weighted by Gasteiger charge is 2.14. The van der Waals surface area contributed by atoms with Gasteiger partial charge in [0.2, 0.25) is 0 Å². The topological polar surface area (TPSA) is 63.7 Å². The Labute approximate surface area is 119 Å². The monoisotopic (exact) mass is 279 g/mol. The summed E-state index contributed by atoms with van der Waals surface area (Å²) in [5.74, 6) is -0.142. The third kappa shape index (κ3) is 4.18. The Kier molecular flexibility index (Phi) is 5.76. The lowest BCUT2D eigenvalue weighted by Crippen LogP contribution is -2.36. The average molecular weight is 279 g/mol. The Morgan fingerprint density at radius 2 is 2.30 bits per heavy atom. The van der Waals surface area contributed by atoms with Crippen molar-refractivity contribution in [2.45, 2.75) is 6.42 Å². The van der Waals surface area contributed by atoms with Crippen LogP contribution in [-0.4, -0.2) is 57.5 Å². The molecule has 20 heavy (non-hydrogen) atoms. The Morgan fingerprint density at radius 1 is 1.50 bits per heavy atom. The molecule has 1 aromatic heterocycles. The summed E-state index contributed by atoms with van der Waals surface area (Å²) >= 11 is 0. The van der Waals surface area contributed by atoms with Crippen molar-refractivity contribution in [3.63, 3.8) is 0 Å². The third-order valence-electron chi connectivity index (χ3n) is 3.16. The molecule has 2 heterocycles. The summed E-state index contributed by atoms with van der Waals surface area (Å²) in [5.41, 5.74) is 1.47. The standard InChI is InChI=1S/C14H21N3O3/c1-19-8-2-4-16-14(18)13-11-12(3-5-15-13)17-6-9-20-10-7-17/h3,5,11H,2,4,6-10H2,1H3,(H,16,18). The van der Waals surface area contributed by atoms with Crippen molar-refractivity contribution in [3.8, 4) is 0 Å². The molecule has 6 heteroatoms. The number of pyridine rings is 1. The molecule has 1 saturated heterocycles. The normalized spacial score (nSPS) is 15.2. The number of carbonyl (C=O) groups is 1. The zero-order valence-electron chi connectivity index (χ0n) is 11.8. The van der Waals surface area contributed by atoms with Crippen molar-refractivity contribution in [1.82, 2.24) is 10.3 Å². The number of carbonyl (C=O) groups excluding carboxylic acids is 1. The number of aromatic nitrogens is 1. The van der Waals surface area contributed by atoms with Crippen LogP contribution in [0, 0.1) is 0 Å². The molecule has 1 aliphatic rings. The quantitative estimate of drug-likeness (QED) is 0.776. The number of ether oxygens (including phenoxy) is 2. The SMILES string of the molecule is COCCCNC(=O)c1cc(N2CCOCC2)ccn1. The van der Waals surface area contributed by atoms with Gasteiger partial charge < -0.3 is 19.7 Å². The van der Waals surface area contributed by atoms with Crippen LogP contribution in [0.25, 0.3) is 0 Å². The van der Waals surface area contributed by atoms with Gasteiger partial charge in [-0.3, -0.25) is 9.78 Å². The smallest absolute Gasteiger partial charge is 0.269 e. The van der Waals surface area contributed by atoms with Crippen LogP contribution in [0.2, 0.25) is 0 Å². The van der Waals surface area contributed by atoms with Crippen LogP contribution >= 0.6 is 0 Å². The maximum Gasteiger partial charge on any atom is 0.269 e. The number of nitrogens with one attached hydrogen (secondary N) is 1. The fraction of sp³-hybridized carbons (Fsp3) is 0.571. The molecule has 0 radical (unpaired) electrons. The number of amides is 1. The maximum atomic E-state index is 12.0. The molecule has 1 fully saturated rings. The molecule has 1 N–H and O–H groups in total. The summed E-state index contributed by atoms with van der Waals surface area (Å²) in [7, 11) is 1.65. The minimum Gasteiger partial charge on any atom is -0.385 e. The molecule has 0 aromatic carbocycles. The summed E-state index contributed by atoms with van der Waals surface area (Å²) in [6.07, 6.45) is 2.47. The van der Waals surface area contributed by atoms with E-state index in [2.05, 4.69) is 15.2 Å². The van der Waals surface area contributed by atoms with E-state index in [1.165, 1.54) is 0 Å². The number of morpholine rings is 1. The van der Waals surface area contributed by atoms with Gasteiger partial charge in [-0.05, 0) is 18.6 Å². The van der Waals surface area contributed by atoms with Crippen LogP contribution in [0.15, 0.2) is 18.3 Å². The molecule has 1 aliphatic heterocycles. The Hall–Kier alpha value is -1.66. The highest BCUT2D eigenvalue weighted by molar-refractivity contribution is 5.93. The fourth-order valence-corrected chi connectivity index (χ4v) is 2.07. The third-order valence-corrected chi connectivity index (χ3v) is 3.16. The zero-order chi connectivity index (χ0) is 14.2. The van der Waals surface area contributed by atoms with E-state index in [1.807, 2.05) is 12.1 Å². The van der Waals surface area contributed by atoms with E-state index in [0.717, 1.165) is 38.4 Å². The predicted octanol–water partition coefficient (Wildman–Crippen LogP) is 0.684. The van der Waals surface area contributed by atoms with Crippen LogP contribution in [0.3, 0.4) is 0 Å². The van der Waals surface area contributed by atoms with Gasteiger partial charge in [-0.2, -0.15) is 0 Å². The van der Waals surface area contributed by atoms with E-state index < -0.39 is 0 Å². The molecular formula is C14H21N3O3. The van der Waals surface area contributed by atoms with Gasteiger partial charge >= 0.3 is 0 Å². The first-order valence-electron chi connectivity index (χ1n) is 6.87. The lowest BCUT2D eigenvalue weighted by atomic mass is 10.2. The summed E-state index contributed by atoms with van der Waals surface area (Å²) in [6.45, 7) is 4.37. The van der Waals surface area contributed by atoms with E-state index in [0.29, 0.717) is 18.8 Å². The number of hydrogen-bond donors (Lipinski definition) is 1. The number of hydrogen-bond acceptors (Lipinski definition) is 5. The van der Waals surface area contributed by atoms with Crippen molar-refractivity contribution in [2.75, 3.05) is 51.5 Å². The van der Waals surface area contributed by atoms with Gasteiger partial charge in [-0.25, -0.2) is 0 Å². The molecule has 0 saturated carbocycles. The van der Waals surface area contributed by atoms with E-state index in [-0.39, 0.29) is 5.91 Å². The molecule has 0 unspecified atom stereocenters. The van der Waals surface area contributed by atoms with Gasteiger partial charge in [0, 0.05) is 45.2 Å². The van der Waals surface area contributed by atoms with Crippen LogP contribution in [0.5, 0.6) is 0 Å². The molecule has 0 bridgehead atoms. The predicted molar refractivity (Wildman–Crippen MR) is 76.1 cm³/mol. The summed E-state index contributed by atoms with van der Waals surface area (Å²) < 4.78 is 10.3. The van der Waals surface area contributed by atoms with Gasteiger partial charge in [-0.15, -0.1) is 0 Å². The Morgan fingerprint density at radius 3 is 3.05 bits per heavy atom. The lowest BCUT2D eigenvalue weighted by Gasteiger charge is -2.28. The number of rotatable bonds is 6. The largest absolute Gasteiger partial charge is 0.385 e.